The summed E-state index contributed by atoms with van der Waals surface area (Å²) in [6.07, 6.45) is 2.19. The summed E-state index contributed by atoms with van der Waals surface area (Å²) in [5, 5.41) is 72.0. The lowest BCUT2D eigenvalue weighted by Crippen LogP contribution is -2.33. The molecule has 0 radical (unpaired) electrons. The van der Waals surface area contributed by atoms with Gasteiger partial charge in [0.1, 0.15) is 34.4 Å². The van der Waals surface area contributed by atoms with Gasteiger partial charge in [0, 0.05) is 89.9 Å². The van der Waals surface area contributed by atoms with E-state index in [9.17, 15) is 30.0 Å². The molecular weight excluding hydrogens is 909 g/mol. The van der Waals surface area contributed by atoms with Crippen molar-refractivity contribution in [3.8, 4) is 67.8 Å². The molecule has 8 rings (SSSR count). The molecule has 2 aromatic heterocycles. The highest BCUT2D eigenvalue weighted by molar-refractivity contribution is 6.03. The number of aromatic hydroxyl groups is 4. The van der Waals surface area contributed by atoms with E-state index < -0.39 is 5.91 Å². The van der Waals surface area contributed by atoms with Crippen molar-refractivity contribution in [3.05, 3.63) is 106 Å². The van der Waals surface area contributed by atoms with Crippen LogP contribution >= 0.6 is 0 Å². The molecule has 2 amide bonds. The van der Waals surface area contributed by atoms with Crippen molar-refractivity contribution in [1.82, 2.24) is 30.7 Å². The van der Waals surface area contributed by atoms with Crippen LogP contribution in [0.1, 0.15) is 107 Å². The molecule has 17 nitrogen and oxygen atoms in total. The van der Waals surface area contributed by atoms with Crippen LogP contribution in [-0.4, -0.2) is 130 Å². The fraction of sp³-hybridized carbons (Fsp3) is 0.407. The minimum absolute atomic E-state index is 0.00108. The van der Waals surface area contributed by atoms with E-state index in [4.69, 9.17) is 24.0 Å². The number of fused-ring (bicyclic) bond motifs is 2. The second kappa shape index (κ2) is 24.4. The molecule has 17 heteroatoms. The van der Waals surface area contributed by atoms with Crippen molar-refractivity contribution < 1.29 is 54.0 Å². The Balaban J connectivity index is 0.000000225. The Morgan fingerprint density at radius 1 is 0.690 bits per heavy atom. The number of nitrogens with one attached hydrogen (secondary N) is 2. The average Bonchev–Trinajstić information content (AvgIpc) is 4.00. The van der Waals surface area contributed by atoms with Gasteiger partial charge in [-0.1, -0.05) is 74.4 Å². The molecule has 0 atom stereocenters. The number of phenols is 4. The first-order valence-corrected chi connectivity index (χ1v) is 24.0. The minimum Gasteiger partial charge on any atom is -0.508 e. The zero-order valence-electron chi connectivity index (χ0n) is 41.9. The Kier molecular flexibility index (Phi) is 18.4. The largest absolute Gasteiger partial charge is 0.508 e. The highest BCUT2D eigenvalue weighted by Crippen LogP contribution is 2.45. The minimum atomic E-state index is -0.443. The molecule has 0 unspecified atom stereocenters. The maximum atomic E-state index is 13.0. The summed E-state index contributed by atoms with van der Waals surface area (Å²) in [4.78, 5) is 30.5. The van der Waals surface area contributed by atoms with Crippen molar-refractivity contribution in [2.75, 3.05) is 67.2 Å². The van der Waals surface area contributed by atoms with Crippen LogP contribution in [0.2, 0.25) is 0 Å². The average molecular weight is 977 g/mol. The monoisotopic (exact) mass is 976 g/mol. The van der Waals surface area contributed by atoms with Gasteiger partial charge < -0.3 is 60.0 Å². The van der Waals surface area contributed by atoms with Crippen molar-refractivity contribution in [1.29, 1.82) is 0 Å². The van der Waals surface area contributed by atoms with E-state index in [2.05, 4.69) is 62.1 Å². The van der Waals surface area contributed by atoms with Crippen molar-refractivity contribution >= 4 is 11.8 Å². The Labute approximate surface area is 414 Å². The van der Waals surface area contributed by atoms with Gasteiger partial charge in [-0.05, 0) is 102 Å². The van der Waals surface area contributed by atoms with Crippen molar-refractivity contribution in [2.24, 2.45) is 0 Å². The van der Waals surface area contributed by atoms with E-state index in [1.54, 1.807) is 19.2 Å². The molecule has 0 spiro atoms. The zero-order valence-corrected chi connectivity index (χ0v) is 41.9. The van der Waals surface area contributed by atoms with Gasteiger partial charge in [0.2, 0.25) is 11.5 Å². The van der Waals surface area contributed by atoms with E-state index in [1.165, 1.54) is 34.4 Å². The number of phenolic OH excluding ortho intramolecular Hbond substituents is 4. The number of carbonyl (C=O) groups is 2. The SMILES string of the molecule is CC(C)c1cc(-c2noc(C(=O)NCCCO)c2-c2ccc3c(c2)CCN(C)C3)c(O)cc1O.CCNC(=O)c1onc(-c2cc(C(C)C)c(O)cc2O)c1-c1ccc2c(c1)CCN(CCOC)C2.CO. The lowest BCUT2D eigenvalue weighted by Gasteiger charge is -2.28. The van der Waals surface area contributed by atoms with E-state index in [0.717, 1.165) is 63.8 Å². The number of carbonyl (C=O) groups excluding carboxylic acids is 2. The number of hydrogen-bond donors (Lipinski definition) is 8. The Bertz CT molecular complexity index is 2800. The Morgan fingerprint density at radius 3 is 1.66 bits per heavy atom. The molecule has 8 N–H and O–H groups in total. The summed E-state index contributed by atoms with van der Waals surface area (Å²) in [7, 11) is 4.80. The third kappa shape index (κ3) is 12.2. The summed E-state index contributed by atoms with van der Waals surface area (Å²) in [5.74, 6) is -0.900. The van der Waals surface area contributed by atoms with E-state index in [-0.39, 0.29) is 58.9 Å². The van der Waals surface area contributed by atoms with Crippen LogP contribution in [0.4, 0.5) is 0 Å². The van der Waals surface area contributed by atoms with Crippen LogP contribution in [0, 0.1) is 0 Å². The van der Waals surface area contributed by atoms with Crippen LogP contribution < -0.4 is 10.6 Å². The van der Waals surface area contributed by atoms with E-state index in [0.29, 0.717) is 70.9 Å². The number of aliphatic hydroxyl groups excluding tert-OH is 2. The maximum Gasteiger partial charge on any atom is 0.290 e. The van der Waals surface area contributed by atoms with Crippen LogP contribution in [0.3, 0.4) is 0 Å². The third-order valence-electron chi connectivity index (χ3n) is 12.7. The first kappa shape index (κ1) is 53.6. The first-order valence-electron chi connectivity index (χ1n) is 24.0. The van der Waals surface area contributed by atoms with Gasteiger partial charge in [-0.25, -0.2) is 0 Å². The lowest BCUT2D eigenvalue weighted by molar-refractivity contribution is 0.0909. The number of amides is 2. The van der Waals surface area contributed by atoms with Gasteiger partial charge in [0.15, 0.2) is 0 Å². The number of methoxy groups -OCH3 is 1. The number of rotatable bonds is 15. The number of aliphatic hydroxyl groups is 2. The molecule has 380 valence electrons. The molecule has 71 heavy (non-hydrogen) atoms. The summed E-state index contributed by atoms with van der Waals surface area (Å²) >= 11 is 0. The smallest absolute Gasteiger partial charge is 0.290 e. The number of benzene rings is 4. The van der Waals surface area contributed by atoms with Crippen LogP contribution in [-0.2, 0) is 30.7 Å². The van der Waals surface area contributed by atoms with Gasteiger partial charge in [-0.2, -0.15) is 0 Å². The predicted octanol–water partition coefficient (Wildman–Crippen LogP) is 7.55. The normalized spacial score (nSPS) is 13.5. The number of nitrogens with zero attached hydrogens (tertiary/aromatic N) is 4. The van der Waals surface area contributed by atoms with Gasteiger partial charge in [-0.15, -0.1) is 0 Å². The summed E-state index contributed by atoms with van der Waals surface area (Å²) in [5.41, 5.74) is 10.3. The summed E-state index contributed by atoms with van der Waals surface area (Å²) in [6.45, 7) is 15.5. The van der Waals surface area contributed by atoms with Gasteiger partial charge in [-0.3, -0.25) is 14.5 Å². The highest BCUT2D eigenvalue weighted by atomic mass is 16.5. The standard InChI is InChI=1S/C27H33N3O5.C26H31N3O5.CH4O/c1-5-28-27(33)26-24(18-6-7-19-15-30(10-11-34-4)9-8-17(19)12-18)25(29-35-26)21-13-20(16(2)3)22(31)14-23(21)32;1-15(2)19-12-20(22(32)13-21(19)31)24-23(25(34-28-24)26(33)27-8-4-10-30)17-5-6-18-14-29(3)9-7-16(18)11-17;1-2/h6-7,12-14,16,31-32H,5,8-11,15H2,1-4H3,(H,28,33);5-6,11-13,15,30-32H,4,7-10,14H2,1-3H3,(H,27,33);2H,1H3. The van der Waals surface area contributed by atoms with Crippen LogP contribution in [0.15, 0.2) is 69.7 Å². The molecule has 4 aromatic carbocycles. The Hall–Kier alpha value is -6.76. The fourth-order valence-electron chi connectivity index (χ4n) is 8.92. The molecule has 0 aliphatic carbocycles. The molecule has 0 bridgehead atoms. The third-order valence-corrected chi connectivity index (χ3v) is 12.7. The number of ether oxygens (including phenoxy) is 1. The molecule has 0 saturated carbocycles. The van der Waals surface area contributed by atoms with Crippen molar-refractivity contribution in [2.45, 2.75) is 78.8 Å². The van der Waals surface area contributed by atoms with Gasteiger partial charge in [0.05, 0.1) is 17.7 Å². The summed E-state index contributed by atoms with van der Waals surface area (Å²) in [6, 6.07) is 18.2. The first-order chi connectivity index (χ1) is 34.1. The van der Waals surface area contributed by atoms with E-state index in [1.807, 2.05) is 46.8 Å². The number of hydrogen-bond acceptors (Lipinski definition) is 15. The van der Waals surface area contributed by atoms with Crippen LogP contribution in [0.5, 0.6) is 23.0 Å². The Morgan fingerprint density at radius 2 is 1.18 bits per heavy atom. The molecule has 0 fully saturated rings. The summed E-state index contributed by atoms with van der Waals surface area (Å²) < 4.78 is 16.3. The molecule has 2 aliphatic heterocycles. The molecule has 2 aliphatic rings. The van der Waals surface area contributed by atoms with Gasteiger partial charge >= 0.3 is 0 Å². The quantitative estimate of drug-likeness (QED) is 0.0463. The van der Waals surface area contributed by atoms with Gasteiger partial charge in [0.25, 0.3) is 11.8 Å². The molecule has 6 aromatic rings. The molecular formula is C54H68N6O11. The predicted molar refractivity (Wildman–Crippen MR) is 271 cm³/mol. The zero-order chi connectivity index (χ0) is 51.5. The number of aromatic nitrogens is 2. The fourth-order valence-corrected chi connectivity index (χ4v) is 8.92. The lowest BCUT2D eigenvalue weighted by atomic mass is 9.91. The van der Waals surface area contributed by atoms with E-state index >= 15 is 0 Å². The van der Waals surface area contributed by atoms with Crippen molar-refractivity contribution in [3.63, 3.8) is 0 Å². The molecule has 4 heterocycles. The number of likely N-dealkylation sites (N-methyl/N-ethyl adjacent to an activating group) is 1. The topological polar surface area (TPSA) is 247 Å². The van der Waals surface area contributed by atoms with Crippen LogP contribution in [0.25, 0.3) is 44.8 Å². The second-order valence-electron chi connectivity index (χ2n) is 18.3. The maximum absolute atomic E-state index is 13.0. The molecule has 0 saturated heterocycles. The second-order valence-corrected chi connectivity index (χ2v) is 18.3. The highest BCUT2D eigenvalue weighted by Gasteiger charge is 2.30.